The van der Waals surface area contributed by atoms with Crippen LogP contribution in [-0.4, -0.2) is 34.5 Å². The van der Waals surface area contributed by atoms with E-state index in [1.54, 1.807) is 24.9 Å². The number of nitrogens with zero attached hydrogens (tertiary/aromatic N) is 3. The predicted octanol–water partition coefficient (Wildman–Crippen LogP) is 1.67. The quantitative estimate of drug-likeness (QED) is 0.831. The third-order valence-electron chi connectivity index (χ3n) is 4.86. The van der Waals surface area contributed by atoms with E-state index in [-0.39, 0.29) is 24.2 Å². The lowest BCUT2D eigenvalue weighted by Gasteiger charge is -2.16. The average molecular weight is 374 g/mol. The zero-order valence-corrected chi connectivity index (χ0v) is 16.0. The number of hydrogen-bond donors (Lipinski definition) is 1. The first-order valence-corrected chi connectivity index (χ1v) is 9.21. The Morgan fingerprint density at radius 1 is 1.22 bits per heavy atom. The fraction of sp³-hybridized carbons (Fsp3) is 0.526. The van der Waals surface area contributed by atoms with Gasteiger partial charge in [0.2, 0.25) is 5.91 Å². The number of fused-ring (bicyclic) bond motifs is 1. The van der Waals surface area contributed by atoms with E-state index in [0.29, 0.717) is 18.0 Å². The minimum atomic E-state index is -0.257. The standard InChI is InChI=1S/C19H26N4O4/c1-13(14-8-9-15(26-2)16(11-14)27-3)20-18(24)12-23-19(25)22-10-6-4-5-7-17(22)21-23/h8-9,11,13H,4-7,10,12H2,1-3H3,(H,20,24). The molecule has 1 atom stereocenters. The maximum absolute atomic E-state index is 12.5. The van der Waals surface area contributed by atoms with Gasteiger partial charge in [0.05, 0.1) is 20.3 Å². The monoisotopic (exact) mass is 374 g/mol. The molecule has 0 saturated carbocycles. The second kappa shape index (κ2) is 8.28. The Kier molecular flexibility index (Phi) is 5.83. The summed E-state index contributed by atoms with van der Waals surface area (Å²) in [7, 11) is 3.15. The molecule has 1 aromatic carbocycles. The summed E-state index contributed by atoms with van der Waals surface area (Å²) < 4.78 is 13.5. The number of ether oxygens (including phenoxy) is 2. The van der Waals surface area contributed by atoms with Gasteiger partial charge in [-0.1, -0.05) is 12.5 Å². The highest BCUT2D eigenvalue weighted by Gasteiger charge is 2.18. The third-order valence-corrected chi connectivity index (χ3v) is 4.86. The van der Waals surface area contributed by atoms with Crippen molar-refractivity contribution >= 4 is 5.91 Å². The van der Waals surface area contributed by atoms with Crippen LogP contribution in [-0.2, 0) is 24.3 Å². The van der Waals surface area contributed by atoms with Crippen molar-refractivity contribution in [3.05, 3.63) is 40.1 Å². The average Bonchev–Trinajstić information content (AvgIpc) is 2.84. The number of methoxy groups -OCH3 is 2. The zero-order valence-electron chi connectivity index (χ0n) is 16.0. The smallest absolute Gasteiger partial charge is 0.346 e. The Labute approximate surface area is 158 Å². The first-order valence-electron chi connectivity index (χ1n) is 9.21. The molecule has 0 bridgehead atoms. The molecule has 0 aliphatic carbocycles. The van der Waals surface area contributed by atoms with Gasteiger partial charge in [0.1, 0.15) is 12.4 Å². The molecule has 0 spiro atoms. The SMILES string of the molecule is COc1ccc(C(C)NC(=O)Cn2nc3n(c2=O)CCCCC3)cc1OC. The van der Waals surface area contributed by atoms with Crippen LogP contribution in [0.4, 0.5) is 0 Å². The molecule has 8 nitrogen and oxygen atoms in total. The van der Waals surface area contributed by atoms with Gasteiger partial charge in [0, 0.05) is 13.0 Å². The van der Waals surface area contributed by atoms with Crippen molar-refractivity contribution in [1.82, 2.24) is 19.7 Å². The molecule has 8 heteroatoms. The maximum Gasteiger partial charge on any atom is 0.346 e. The van der Waals surface area contributed by atoms with E-state index in [4.69, 9.17) is 9.47 Å². The molecule has 3 rings (SSSR count). The summed E-state index contributed by atoms with van der Waals surface area (Å²) in [5, 5.41) is 7.26. The van der Waals surface area contributed by atoms with Crippen molar-refractivity contribution in [2.75, 3.05) is 14.2 Å². The van der Waals surface area contributed by atoms with Gasteiger partial charge in [-0.05, 0) is 37.5 Å². The third kappa shape index (κ3) is 4.15. The highest BCUT2D eigenvalue weighted by molar-refractivity contribution is 5.76. The van der Waals surface area contributed by atoms with Crippen molar-refractivity contribution < 1.29 is 14.3 Å². The second-order valence-electron chi connectivity index (χ2n) is 6.72. The molecular formula is C19H26N4O4. The molecule has 1 aliphatic rings. The largest absolute Gasteiger partial charge is 0.493 e. The Morgan fingerprint density at radius 2 is 2.00 bits per heavy atom. The van der Waals surface area contributed by atoms with Gasteiger partial charge in [-0.3, -0.25) is 9.36 Å². The Bertz CT molecular complexity index is 871. The lowest BCUT2D eigenvalue weighted by molar-refractivity contribution is -0.122. The van der Waals surface area contributed by atoms with Crippen molar-refractivity contribution in [3.63, 3.8) is 0 Å². The molecule has 27 heavy (non-hydrogen) atoms. The van der Waals surface area contributed by atoms with E-state index in [1.807, 2.05) is 19.1 Å². The molecule has 1 amide bonds. The maximum atomic E-state index is 12.5. The molecule has 1 unspecified atom stereocenters. The van der Waals surface area contributed by atoms with Crippen LogP contribution in [0.15, 0.2) is 23.0 Å². The number of hydrogen-bond acceptors (Lipinski definition) is 5. The normalized spacial score (nSPS) is 14.8. The topological polar surface area (TPSA) is 87.4 Å². The summed E-state index contributed by atoms with van der Waals surface area (Å²) in [6, 6.07) is 5.26. The Morgan fingerprint density at radius 3 is 2.74 bits per heavy atom. The molecule has 146 valence electrons. The first kappa shape index (κ1) is 19.0. The molecule has 0 fully saturated rings. The van der Waals surface area contributed by atoms with E-state index in [9.17, 15) is 9.59 Å². The summed E-state index contributed by atoms with van der Waals surface area (Å²) in [5.74, 6) is 1.75. The van der Waals surface area contributed by atoms with Gasteiger partial charge < -0.3 is 14.8 Å². The van der Waals surface area contributed by atoms with Crippen LogP contribution in [0.5, 0.6) is 11.5 Å². The molecule has 1 aliphatic heterocycles. The van der Waals surface area contributed by atoms with Crippen molar-refractivity contribution in [2.45, 2.75) is 51.7 Å². The molecule has 2 aromatic rings. The summed E-state index contributed by atoms with van der Waals surface area (Å²) in [5.41, 5.74) is 0.676. The summed E-state index contributed by atoms with van der Waals surface area (Å²) in [6.45, 7) is 2.47. The van der Waals surface area contributed by atoms with Gasteiger partial charge in [-0.15, -0.1) is 0 Å². The van der Waals surface area contributed by atoms with Crippen LogP contribution in [0.2, 0.25) is 0 Å². The number of aromatic nitrogens is 3. The van der Waals surface area contributed by atoms with Crippen LogP contribution in [0.1, 0.15) is 43.6 Å². The fourth-order valence-corrected chi connectivity index (χ4v) is 3.36. The molecular weight excluding hydrogens is 348 g/mol. The highest BCUT2D eigenvalue weighted by Crippen LogP contribution is 2.29. The number of amides is 1. The molecule has 2 heterocycles. The second-order valence-corrected chi connectivity index (χ2v) is 6.72. The van der Waals surface area contributed by atoms with Crippen LogP contribution in [0.3, 0.4) is 0 Å². The number of carbonyl (C=O) groups is 1. The Hall–Kier alpha value is -2.77. The molecule has 0 saturated heterocycles. The Balaban J connectivity index is 1.68. The van der Waals surface area contributed by atoms with Crippen molar-refractivity contribution in [3.8, 4) is 11.5 Å². The van der Waals surface area contributed by atoms with E-state index in [0.717, 1.165) is 37.1 Å². The first-order chi connectivity index (χ1) is 13.0. The zero-order chi connectivity index (χ0) is 19.4. The van der Waals surface area contributed by atoms with Crippen molar-refractivity contribution in [2.24, 2.45) is 0 Å². The number of rotatable bonds is 6. The van der Waals surface area contributed by atoms with E-state index in [2.05, 4.69) is 10.4 Å². The summed E-state index contributed by atoms with van der Waals surface area (Å²) in [6.07, 6.45) is 3.89. The number of carbonyl (C=O) groups excluding carboxylic acids is 1. The molecule has 1 aromatic heterocycles. The number of aryl methyl sites for hydroxylation is 1. The lowest BCUT2D eigenvalue weighted by Crippen LogP contribution is -2.35. The number of nitrogens with one attached hydrogen (secondary N) is 1. The van der Waals surface area contributed by atoms with Gasteiger partial charge in [0.15, 0.2) is 11.5 Å². The van der Waals surface area contributed by atoms with Crippen LogP contribution in [0.25, 0.3) is 0 Å². The minimum Gasteiger partial charge on any atom is -0.493 e. The lowest BCUT2D eigenvalue weighted by atomic mass is 10.1. The molecule has 0 radical (unpaired) electrons. The van der Waals surface area contributed by atoms with Crippen molar-refractivity contribution in [1.29, 1.82) is 0 Å². The van der Waals surface area contributed by atoms with Gasteiger partial charge in [0.25, 0.3) is 0 Å². The van der Waals surface area contributed by atoms with E-state index < -0.39 is 0 Å². The minimum absolute atomic E-state index is 0.0868. The van der Waals surface area contributed by atoms with E-state index in [1.165, 1.54) is 4.68 Å². The summed E-state index contributed by atoms with van der Waals surface area (Å²) >= 11 is 0. The van der Waals surface area contributed by atoms with Gasteiger partial charge in [-0.2, -0.15) is 5.10 Å². The van der Waals surface area contributed by atoms with Crippen LogP contribution < -0.4 is 20.5 Å². The van der Waals surface area contributed by atoms with Crippen LogP contribution >= 0.6 is 0 Å². The van der Waals surface area contributed by atoms with Gasteiger partial charge in [-0.25, -0.2) is 9.48 Å². The van der Waals surface area contributed by atoms with Gasteiger partial charge >= 0.3 is 5.69 Å². The molecule has 1 N–H and O–H groups in total. The fourth-order valence-electron chi connectivity index (χ4n) is 3.36. The van der Waals surface area contributed by atoms with Crippen LogP contribution in [0, 0.1) is 0 Å². The highest BCUT2D eigenvalue weighted by atomic mass is 16.5. The summed E-state index contributed by atoms with van der Waals surface area (Å²) in [4.78, 5) is 24.9. The number of benzene rings is 1. The van der Waals surface area contributed by atoms with E-state index >= 15 is 0 Å². The predicted molar refractivity (Wildman–Crippen MR) is 100 cm³/mol.